The van der Waals surface area contributed by atoms with Crippen LogP contribution < -0.4 is 14.8 Å². The van der Waals surface area contributed by atoms with Gasteiger partial charge in [-0.05, 0) is 32.9 Å². The van der Waals surface area contributed by atoms with Gasteiger partial charge in [0.2, 0.25) is 0 Å². The van der Waals surface area contributed by atoms with Gasteiger partial charge in [-0.1, -0.05) is 33.6 Å². The highest BCUT2D eigenvalue weighted by Crippen LogP contribution is 2.39. The van der Waals surface area contributed by atoms with Gasteiger partial charge in [-0.3, -0.25) is 10.1 Å². The lowest BCUT2D eigenvalue weighted by atomic mass is 9.98. The maximum atomic E-state index is 13.1. The van der Waals surface area contributed by atoms with Crippen molar-refractivity contribution in [2.45, 2.75) is 50.6 Å². The number of halogens is 4. The summed E-state index contributed by atoms with van der Waals surface area (Å²) in [6.07, 6.45) is 0.824. The monoisotopic (exact) mass is 579 g/mol. The molecule has 0 saturated heterocycles. The first-order valence-electron chi connectivity index (χ1n) is 9.70. The van der Waals surface area contributed by atoms with Crippen molar-refractivity contribution in [2.75, 3.05) is 5.32 Å². The van der Waals surface area contributed by atoms with E-state index in [1.54, 1.807) is 26.8 Å². The molecule has 0 aliphatic heterocycles. The molecule has 1 heterocycles. The van der Waals surface area contributed by atoms with Crippen molar-refractivity contribution in [3.8, 4) is 11.8 Å². The lowest BCUT2D eigenvalue weighted by molar-refractivity contribution is -0.384. The molecule has 0 aliphatic rings. The Bertz CT molecular complexity index is 1070. The van der Waals surface area contributed by atoms with Gasteiger partial charge in [0.25, 0.3) is 0 Å². The van der Waals surface area contributed by atoms with E-state index in [2.05, 4.69) is 35.7 Å². The highest BCUT2D eigenvalue weighted by molar-refractivity contribution is 9.10. The van der Waals surface area contributed by atoms with E-state index in [0.717, 1.165) is 6.20 Å². The zero-order valence-corrected chi connectivity index (χ0v) is 21.4. The predicted molar refractivity (Wildman–Crippen MR) is 128 cm³/mol. The van der Waals surface area contributed by atoms with Crippen LogP contribution in [0.3, 0.4) is 0 Å². The van der Waals surface area contributed by atoms with E-state index >= 15 is 0 Å². The van der Waals surface area contributed by atoms with Gasteiger partial charge in [0, 0.05) is 33.9 Å². The molecule has 34 heavy (non-hydrogen) atoms. The molecule has 184 valence electrons. The largest absolute Gasteiger partial charge is 0.598 e. The molecule has 2 N–H and O–H groups in total. The molecule has 1 aromatic carbocycles. The predicted octanol–water partition coefficient (Wildman–Crippen LogP) is 5.49. The van der Waals surface area contributed by atoms with Crippen LogP contribution in [0.5, 0.6) is 5.75 Å². The van der Waals surface area contributed by atoms with Crippen molar-refractivity contribution in [3.05, 3.63) is 55.8 Å². The summed E-state index contributed by atoms with van der Waals surface area (Å²) in [6.45, 7) is 2.00. The second kappa shape index (κ2) is 11.9. The van der Waals surface area contributed by atoms with E-state index in [4.69, 9.17) is 11.6 Å². The lowest BCUT2D eigenvalue weighted by Crippen LogP contribution is -2.45. The summed E-state index contributed by atoms with van der Waals surface area (Å²) in [5, 5.41) is 24.1. The number of anilines is 1. The number of benzene rings is 1. The number of pyridine rings is 1. The molecule has 2 rings (SSSR count). The van der Waals surface area contributed by atoms with Gasteiger partial charge < -0.3 is 14.6 Å². The molecule has 0 bridgehead atoms. The maximum absolute atomic E-state index is 13.1. The Morgan fingerprint density at radius 1 is 1.41 bits per heavy atom. The van der Waals surface area contributed by atoms with Crippen LogP contribution in [0.2, 0.25) is 5.15 Å². The van der Waals surface area contributed by atoms with E-state index < -0.39 is 45.4 Å². The van der Waals surface area contributed by atoms with Crippen molar-refractivity contribution in [1.82, 2.24) is 9.71 Å². The third kappa shape index (κ3) is 7.64. The Labute approximate surface area is 211 Å². The lowest BCUT2D eigenvalue weighted by Gasteiger charge is -2.29. The minimum Gasteiger partial charge on any atom is -0.598 e. The number of nitrogens with one attached hydrogen (secondary N) is 2. The molecule has 3 atom stereocenters. The molecule has 0 saturated carbocycles. The van der Waals surface area contributed by atoms with Gasteiger partial charge in [0.1, 0.15) is 33.6 Å². The van der Waals surface area contributed by atoms with E-state index in [-0.39, 0.29) is 28.6 Å². The van der Waals surface area contributed by atoms with Crippen LogP contribution in [-0.2, 0) is 11.4 Å². The number of nitrogens with zero attached hydrogens (tertiary/aromatic N) is 3. The standard InChI is InChI=1S/C20H21BrClF2N5O4S/c1-20(2,3)34(32)28-11(9-25)7-14(18-12(21)5-4-6-16(18)33-19(23)24)27-13-8-17(22)26-10-15(13)29(30)31/h4-6,8,10-11,14,19,28H,7H2,1-3H3,(H,26,27)/t11?,14?,34-/m1/s1. The normalized spacial score (nSPS) is 14.2. The number of nitriles is 1. The Hall–Kier alpha value is -2.24. The Morgan fingerprint density at radius 2 is 2.09 bits per heavy atom. The average molecular weight is 581 g/mol. The first kappa shape index (κ1) is 28.0. The summed E-state index contributed by atoms with van der Waals surface area (Å²) >= 11 is 7.61. The molecule has 0 fully saturated rings. The number of hydrogen-bond donors (Lipinski definition) is 2. The Balaban J connectivity index is 2.57. The summed E-state index contributed by atoms with van der Waals surface area (Å²) in [5.41, 5.74) is -0.298. The van der Waals surface area contributed by atoms with Gasteiger partial charge in [-0.25, -0.2) is 4.98 Å². The van der Waals surface area contributed by atoms with Crippen molar-refractivity contribution >= 4 is 50.3 Å². The van der Waals surface area contributed by atoms with Crippen LogP contribution in [0.1, 0.15) is 38.8 Å². The second-order valence-electron chi connectivity index (χ2n) is 7.92. The fourth-order valence-corrected chi connectivity index (χ4v) is 4.39. The van der Waals surface area contributed by atoms with Crippen LogP contribution >= 0.6 is 27.5 Å². The zero-order chi connectivity index (χ0) is 25.6. The first-order chi connectivity index (χ1) is 15.8. The fourth-order valence-electron chi connectivity index (χ4n) is 2.84. The van der Waals surface area contributed by atoms with E-state index in [9.17, 15) is 28.7 Å². The summed E-state index contributed by atoms with van der Waals surface area (Å²) < 4.78 is 45.8. The first-order valence-corrected chi connectivity index (χ1v) is 12.0. The SMILES string of the molecule is CC(C)(C)[S@@+]([O-])NC(C#N)CC(Nc1cc(Cl)ncc1[N+](=O)[O-])c1c(Br)cccc1OC(F)F. The van der Waals surface area contributed by atoms with Crippen molar-refractivity contribution in [2.24, 2.45) is 0 Å². The highest BCUT2D eigenvalue weighted by atomic mass is 79.9. The third-order valence-corrected chi connectivity index (χ3v) is 6.90. The molecule has 0 spiro atoms. The molecule has 2 aromatic rings. The van der Waals surface area contributed by atoms with Crippen LogP contribution in [0, 0.1) is 21.4 Å². The van der Waals surface area contributed by atoms with E-state index in [0.29, 0.717) is 4.47 Å². The molecule has 14 heteroatoms. The molecule has 2 unspecified atom stereocenters. The Morgan fingerprint density at radius 3 is 2.65 bits per heavy atom. The van der Waals surface area contributed by atoms with Gasteiger partial charge in [0.05, 0.1) is 17.0 Å². The molecule has 0 radical (unpaired) electrons. The third-order valence-electron chi connectivity index (χ3n) is 4.39. The fraction of sp³-hybridized carbons (Fsp3) is 0.400. The number of rotatable bonds is 10. The highest BCUT2D eigenvalue weighted by Gasteiger charge is 2.33. The van der Waals surface area contributed by atoms with Crippen LogP contribution in [0.25, 0.3) is 0 Å². The van der Waals surface area contributed by atoms with Gasteiger partial charge >= 0.3 is 12.3 Å². The number of nitro groups is 1. The smallest absolute Gasteiger partial charge is 0.387 e. The number of hydrogen-bond acceptors (Lipinski definition) is 8. The second-order valence-corrected chi connectivity index (χ2v) is 11.2. The van der Waals surface area contributed by atoms with Gasteiger partial charge in [-0.2, -0.15) is 14.0 Å². The maximum Gasteiger partial charge on any atom is 0.387 e. The van der Waals surface area contributed by atoms with Gasteiger partial charge in [-0.15, -0.1) is 4.72 Å². The molecular weight excluding hydrogens is 560 g/mol. The van der Waals surface area contributed by atoms with Crippen molar-refractivity contribution in [1.29, 1.82) is 5.26 Å². The Kier molecular flexibility index (Phi) is 9.84. The molecular formula is C20H21BrClF2N5O4S. The van der Waals surface area contributed by atoms with Crippen LogP contribution in [-0.4, -0.2) is 31.9 Å². The van der Waals surface area contributed by atoms with E-state index in [1.807, 2.05) is 6.07 Å². The van der Waals surface area contributed by atoms with E-state index in [1.165, 1.54) is 18.2 Å². The summed E-state index contributed by atoms with van der Waals surface area (Å²) in [6, 6.07) is 5.53. The molecule has 9 nitrogen and oxygen atoms in total. The van der Waals surface area contributed by atoms with Crippen molar-refractivity contribution in [3.63, 3.8) is 0 Å². The summed E-state index contributed by atoms with van der Waals surface area (Å²) in [7, 11) is 0. The molecule has 0 aliphatic carbocycles. The molecule has 1 aromatic heterocycles. The number of aromatic nitrogens is 1. The zero-order valence-electron chi connectivity index (χ0n) is 18.2. The molecule has 0 amide bonds. The topological polar surface area (TPSA) is 136 Å². The summed E-state index contributed by atoms with van der Waals surface area (Å²) in [4.78, 5) is 14.5. The van der Waals surface area contributed by atoms with Crippen LogP contribution in [0.4, 0.5) is 20.2 Å². The summed E-state index contributed by atoms with van der Waals surface area (Å²) in [5.74, 6) is -0.210. The van der Waals surface area contributed by atoms with Crippen molar-refractivity contribution < 1.29 is 23.0 Å². The number of alkyl halides is 2. The minimum atomic E-state index is -3.14. The van der Waals surface area contributed by atoms with Gasteiger partial charge in [0.15, 0.2) is 0 Å². The average Bonchev–Trinajstić information content (AvgIpc) is 2.71. The number of ether oxygens (including phenoxy) is 1. The quantitative estimate of drug-likeness (QED) is 0.163. The van der Waals surface area contributed by atoms with Crippen LogP contribution in [0.15, 0.2) is 34.9 Å². The minimum absolute atomic E-state index is 0.0492.